The van der Waals surface area contributed by atoms with Crippen molar-refractivity contribution in [3.8, 4) is 5.75 Å². The summed E-state index contributed by atoms with van der Waals surface area (Å²) < 4.78 is 7.70. The second-order valence-corrected chi connectivity index (χ2v) is 8.99. The number of hydrogen-bond donors (Lipinski definition) is 3. The van der Waals surface area contributed by atoms with Crippen LogP contribution in [0.25, 0.3) is 16.7 Å². The Morgan fingerprint density at radius 2 is 1.88 bits per heavy atom. The van der Waals surface area contributed by atoms with Crippen LogP contribution in [0.5, 0.6) is 5.75 Å². The first-order valence-electron chi connectivity index (χ1n) is 11.7. The molecule has 5 rings (SSSR count). The number of ether oxygens (including phenoxy) is 1. The largest absolute Gasteiger partial charge is 0.490 e. The molecule has 4 heterocycles. The molecule has 0 amide bonds. The van der Waals surface area contributed by atoms with E-state index in [0.29, 0.717) is 41.2 Å². The average Bonchev–Trinajstić information content (AvgIpc) is 3.18. The van der Waals surface area contributed by atoms with Crippen molar-refractivity contribution in [3.63, 3.8) is 0 Å². The molecule has 4 aromatic rings. The number of aryl methyl sites for hydroxylation is 1. The Balaban J connectivity index is 1.49. The number of nitrogens with zero attached hydrogens (tertiary/aromatic N) is 5. The Morgan fingerprint density at radius 3 is 2.62 bits per heavy atom. The number of pyridine rings is 1. The van der Waals surface area contributed by atoms with Gasteiger partial charge in [-0.2, -0.15) is 0 Å². The number of aromatic nitrogens is 4. The number of rotatable bonds is 6. The van der Waals surface area contributed by atoms with Crippen molar-refractivity contribution in [2.24, 2.45) is 0 Å². The third kappa shape index (κ3) is 4.24. The molecule has 178 valence electrons. The Kier molecular flexibility index (Phi) is 5.97. The molecule has 34 heavy (non-hydrogen) atoms. The fourth-order valence-corrected chi connectivity index (χ4v) is 4.83. The van der Waals surface area contributed by atoms with Crippen molar-refractivity contribution in [2.75, 3.05) is 29.9 Å². The number of hydrogen-bond acceptors (Lipinski definition) is 8. The number of nitrogens with one attached hydrogen (secondary N) is 2. The van der Waals surface area contributed by atoms with Crippen LogP contribution in [0, 0.1) is 6.92 Å². The highest BCUT2D eigenvalue weighted by atomic mass is 16.5. The molecule has 3 N–H and O–H groups in total. The van der Waals surface area contributed by atoms with E-state index in [1.165, 1.54) is 0 Å². The molecule has 0 radical (unpaired) electrons. The summed E-state index contributed by atoms with van der Waals surface area (Å²) in [7, 11) is 0. The maximum Gasteiger partial charge on any atom is 0.180 e. The van der Waals surface area contributed by atoms with Crippen LogP contribution in [-0.4, -0.2) is 56.2 Å². The molecule has 0 bridgehead atoms. The lowest BCUT2D eigenvalue weighted by molar-refractivity contribution is 0.209. The highest BCUT2D eigenvalue weighted by molar-refractivity contribution is 5.91. The number of piperazine rings is 1. The van der Waals surface area contributed by atoms with Gasteiger partial charge in [0.2, 0.25) is 0 Å². The second-order valence-electron chi connectivity index (χ2n) is 8.99. The summed E-state index contributed by atoms with van der Waals surface area (Å²) in [6.45, 7) is 10.6. The summed E-state index contributed by atoms with van der Waals surface area (Å²) in [5, 5.41) is 18.0. The van der Waals surface area contributed by atoms with E-state index >= 15 is 0 Å². The molecule has 3 aromatic heterocycles. The van der Waals surface area contributed by atoms with Gasteiger partial charge in [-0.25, -0.2) is 4.98 Å². The Morgan fingerprint density at radius 1 is 1.15 bits per heavy atom. The number of anilines is 2. The first-order chi connectivity index (χ1) is 16.4. The third-order valence-electron chi connectivity index (χ3n) is 6.07. The molecule has 3 atom stereocenters. The van der Waals surface area contributed by atoms with Gasteiger partial charge in [0.15, 0.2) is 17.6 Å². The van der Waals surface area contributed by atoms with Gasteiger partial charge < -0.3 is 29.8 Å². The lowest BCUT2D eigenvalue weighted by Crippen LogP contribution is -2.54. The van der Waals surface area contributed by atoms with E-state index in [1.54, 1.807) is 12.4 Å². The van der Waals surface area contributed by atoms with Crippen molar-refractivity contribution in [3.05, 3.63) is 54.2 Å². The van der Waals surface area contributed by atoms with Crippen LogP contribution < -0.4 is 20.3 Å². The molecule has 1 aliphatic rings. The Hall–Kier alpha value is -3.43. The summed E-state index contributed by atoms with van der Waals surface area (Å²) in [6, 6.07) is 6.59. The maximum atomic E-state index is 11.2. The quantitative estimate of drug-likeness (QED) is 0.376. The summed E-state index contributed by atoms with van der Waals surface area (Å²) in [4.78, 5) is 16.1. The fraction of sp³-hybridized carbons (Fsp3) is 0.400. The van der Waals surface area contributed by atoms with E-state index in [1.807, 2.05) is 48.8 Å². The highest BCUT2D eigenvalue weighted by Crippen LogP contribution is 2.32. The van der Waals surface area contributed by atoms with Crippen LogP contribution in [0.1, 0.15) is 38.3 Å². The van der Waals surface area contributed by atoms with Gasteiger partial charge in [0.25, 0.3) is 0 Å². The van der Waals surface area contributed by atoms with Crippen molar-refractivity contribution in [1.82, 2.24) is 24.7 Å². The number of imidazole rings is 1. The van der Waals surface area contributed by atoms with Crippen LogP contribution in [0.2, 0.25) is 0 Å². The molecule has 0 saturated carbocycles. The maximum absolute atomic E-state index is 11.2. The molecular formula is C25H31N7O2. The molecule has 1 fully saturated rings. The molecule has 0 aliphatic carbocycles. The Bertz CT molecular complexity index is 1310. The molecule has 0 spiro atoms. The predicted octanol–water partition coefficient (Wildman–Crippen LogP) is 3.27. The van der Waals surface area contributed by atoms with E-state index in [2.05, 4.69) is 44.3 Å². The lowest BCUT2D eigenvalue weighted by atomic mass is 10.1. The first-order valence-corrected chi connectivity index (χ1v) is 11.7. The van der Waals surface area contributed by atoms with Crippen LogP contribution in [-0.2, 0) is 0 Å². The first kappa shape index (κ1) is 22.4. The molecule has 1 aromatic carbocycles. The topological polar surface area (TPSA) is 99.8 Å². The zero-order valence-corrected chi connectivity index (χ0v) is 20.0. The second kappa shape index (κ2) is 9.08. The normalized spacial score (nSPS) is 19.5. The van der Waals surface area contributed by atoms with Gasteiger partial charge in [-0.15, -0.1) is 0 Å². The van der Waals surface area contributed by atoms with Gasteiger partial charge in [-0.3, -0.25) is 9.97 Å². The minimum Gasteiger partial charge on any atom is -0.490 e. The van der Waals surface area contributed by atoms with Gasteiger partial charge in [0.1, 0.15) is 5.52 Å². The van der Waals surface area contributed by atoms with Crippen molar-refractivity contribution >= 4 is 28.1 Å². The smallest absolute Gasteiger partial charge is 0.180 e. The summed E-state index contributed by atoms with van der Waals surface area (Å²) in [5.74, 6) is 0.662. The molecule has 9 heteroatoms. The molecule has 9 nitrogen and oxygen atoms in total. The van der Waals surface area contributed by atoms with E-state index < -0.39 is 6.23 Å². The minimum absolute atomic E-state index is 0.378. The zero-order valence-electron chi connectivity index (χ0n) is 20.0. The van der Waals surface area contributed by atoms with Crippen LogP contribution in [0.4, 0.5) is 11.4 Å². The van der Waals surface area contributed by atoms with Crippen LogP contribution >= 0.6 is 0 Å². The number of fused-ring (bicyclic) bond motifs is 2. The molecular weight excluding hydrogens is 430 g/mol. The van der Waals surface area contributed by atoms with Gasteiger partial charge >= 0.3 is 0 Å². The molecule has 1 aliphatic heterocycles. The highest BCUT2D eigenvalue weighted by Gasteiger charge is 2.24. The molecule has 1 saturated heterocycles. The summed E-state index contributed by atoms with van der Waals surface area (Å²) in [6.07, 6.45) is 6.21. The zero-order chi connectivity index (χ0) is 23.8. The minimum atomic E-state index is -0.981. The number of benzene rings is 1. The fourth-order valence-electron chi connectivity index (χ4n) is 4.83. The van der Waals surface area contributed by atoms with Gasteiger partial charge in [0, 0.05) is 61.6 Å². The average molecular weight is 462 g/mol. The Labute approximate surface area is 198 Å². The van der Waals surface area contributed by atoms with E-state index in [0.717, 1.165) is 35.6 Å². The predicted molar refractivity (Wildman–Crippen MR) is 133 cm³/mol. The molecule has 1 unspecified atom stereocenters. The van der Waals surface area contributed by atoms with E-state index in [-0.39, 0.29) is 0 Å². The van der Waals surface area contributed by atoms with Crippen LogP contribution in [0.3, 0.4) is 0 Å². The van der Waals surface area contributed by atoms with E-state index in [9.17, 15) is 5.11 Å². The third-order valence-corrected chi connectivity index (χ3v) is 6.07. The monoisotopic (exact) mass is 461 g/mol. The van der Waals surface area contributed by atoms with Gasteiger partial charge in [-0.1, -0.05) is 6.07 Å². The lowest BCUT2D eigenvalue weighted by Gasteiger charge is -2.38. The SMILES string of the molecule is CCOc1cc(NC(O)c2ccc(N3C[C@@H](C)N[C@@H](C)C3)c3nccnc23)cn2cc(C)nc12. The summed E-state index contributed by atoms with van der Waals surface area (Å²) >= 11 is 0. The van der Waals surface area contributed by atoms with Gasteiger partial charge in [0.05, 0.1) is 29.2 Å². The standard InChI is InChI=1S/C25H31N7O2/c1-5-34-21-10-18(14-32-13-17(4)29-24(21)32)30-25(33)19-6-7-20(23-22(19)26-8-9-27-23)31-11-15(2)28-16(3)12-31/h6-10,13-16,25,28,30,33H,5,11-12H2,1-4H3/t15-,16+,25?. The van der Waals surface area contributed by atoms with Gasteiger partial charge in [-0.05, 0) is 33.8 Å². The van der Waals surface area contributed by atoms with Crippen LogP contribution in [0.15, 0.2) is 43.0 Å². The van der Waals surface area contributed by atoms with Crippen molar-refractivity contribution < 1.29 is 9.84 Å². The summed E-state index contributed by atoms with van der Waals surface area (Å²) in [5.41, 5.74) is 5.54. The van der Waals surface area contributed by atoms with Crippen molar-refractivity contribution in [1.29, 1.82) is 0 Å². The number of aliphatic hydroxyl groups excluding tert-OH is 1. The van der Waals surface area contributed by atoms with Crippen molar-refractivity contribution in [2.45, 2.75) is 46.0 Å². The van der Waals surface area contributed by atoms with E-state index in [4.69, 9.17) is 4.74 Å². The number of aliphatic hydroxyl groups is 1.